The molecule has 0 radical (unpaired) electrons. The molecule has 2 rings (SSSR count). The summed E-state index contributed by atoms with van der Waals surface area (Å²) in [6.45, 7) is 0. The molecule has 18 heavy (non-hydrogen) atoms. The highest BCUT2D eigenvalue weighted by atomic mass is 19.4. The maximum absolute atomic E-state index is 13.3. The summed E-state index contributed by atoms with van der Waals surface area (Å²) in [5, 5.41) is 12.0. The van der Waals surface area contributed by atoms with E-state index in [2.05, 4.69) is 5.10 Å². The lowest BCUT2D eigenvalue weighted by Crippen LogP contribution is -2.08. The van der Waals surface area contributed by atoms with Gasteiger partial charge in [-0.3, -0.25) is 0 Å². The van der Waals surface area contributed by atoms with E-state index >= 15 is 0 Å². The molecule has 0 spiro atoms. The van der Waals surface area contributed by atoms with E-state index in [0.717, 1.165) is 23.0 Å². The molecule has 92 valence electrons. The van der Waals surface area contributed by atoms with Crippen LogP contribution in [0.2, 0.25) is 0 Å². The fourth-order valence-corrected chi connectivity index (χ4v) is 1.42. The number of halogens is 4. The standard InChI is InChI=1S/C11H5F4N3/c12-8-2-1-3-9(7(8)6-16)18-5-4-10(17-18)11(13,14)15/h1-5H. The molecule has 0 atom stereocenters. The Morgan fingerprint density at radius 1 is 1.22 bits per heavy atom. The molecule has 0 bridgehead atoms. The molecule has 0 fully saturated rings. The first-order valence-electron chi connectivity index (χ1n) is 4.75. The van der Waals surface area contributed by atoms with Gasteiger partial charge in [0.25, 0.3) is 0 Å². The summed E-state index contributed by atoms with van der Waals surface area (Å²) in [5.41, 5.74) is -1.49. The molecular formula is C11H5F4N3. The van der Waals surface area contributed by atoms with Gasteiger partial charge in [0.15, 0.2) is 5.69 Å². The van der Waals surface area contributed by atoms with Crippen LogP contribution in [-0.2, 0) is 6.18 Å². The predicted octanol–water partition coefficient (Wildman–Crippen LogP) is 2.90. The topological polar surface area (TPSA) is 41.6 Å². The zero-order chi connectivity index (χ0) is 13.3. The number of aromatic nitrogens is 2. The third kappa shape index (κ3) is 2.05. The van der Waals surface area contributed by atoms with E-state index in [9.17, 15) is 17.6 Å². The number of hydrogen-bond acceptors (Lipinski definition) is 2. The first-order chi connectivity index (χ1) is 8.43. The fourth-order valence-electron chi connectivity index (χ4n) is 1.42. The second kappa shape index (κ2) is 4.14. The van der Waals surface area contributed by atoms with Crippen molar-refractivity contribution in [3.05, 3.63) is 47.5 Å². The molecule has 0 aliphatic heterocycles. The molecule has 0 unspecified atom stereocenters. The smallest absolute Gasteiger partial charge is 0.239 e. The molecule has 1 heterocycles. The van der Waals surface area contributed by atoms with Crippen LogP contribution < -0.4 is 0 Å². The van der Waals surface area contributed by atoms with Gasteiger partial charge in [0.1, 0.15) is 17.4 Å². The first-order valence-corrected chi connectivity index (χ1v) is 4.75. The van der Waals surface area contributed by atoms with Gasteiger partial charge in [-0.15, -0.1) is 0 Å². The van der Waals surface area contributed by atoms with E-state index in [4.69, 9.17) is 5.26 Å². The van der Waals surface area contributed by atoms with E-state index < -0.39 is 17.7 Å². The van der Waals surface area contributed by atoms with Gasteiger partial charge in [0.05, 0.1) is 5.69 Å². The minimum absolute atomic E-state index is 0.0343. The van der Waals surface area contributed by atoms with Crippen molar-refractivity contribution in [2.45, 2.75) is 6.18 Å². The van der Waals surface area contributed by atoms with Crippen LogP contribution in [0.25, 0.3) is 5.69 Å². The molecule has 0 N–H and O–H groups in total. The molecule has 0 aliphatic rings. The van der Waals surface area contributed by atoms with Crippen molar-refractivity contribution >= 4 is 0 Å². The van der Waals surface area contributed by atoms with Crippen LogP contribution in [0.3, 0.4) is 0 Å². The van der Waals surface area contributed by atoms with Gasteiger partial charge < -0.3 is 0 Å². The number of benzene rings is 1. The van der Waals surface area contributed by atoms with Gasteiger partial charge in [-0.2, -0.15) is 23.5 Å². The Balaban J connectivity index is 2.54. The highest BCUT2D eigenvalue weighted by molar-refractivity contribution is 5.49. The Morgan fingerprint density at radius 2 is 1.94 bits per heavy atom. The highest BCUT2D eigenvalue weighted by Crippen LogP contribution is 2.28. The highest BCUT2D eigenvalue weighted by Gasteiger charge is 2.33. The average molecular weight is 255 g/mol. The second-order valence-corrected chi connectivity index (χ2v) is 3.39. The summed E-state index contributed by atoms with van der Waals surface area (Å²) in [6, 6.07) is 6.01. The van der Waals surface area contributed by atoms with Crippen LogP contribution in [0.1, 0.15) is 11.3 Å². The SMILES string of the molecule is N#Cc1c(F)cccc1-n1ccc(C(F)(F)F)n1. The van der Waals surface area contributed by atoms with Crippen LogP contribution in [0, 0.1) is 17.1 Å². The number of alkyl halides is 3. The van der Waals surface area contributed by atoms with Gasteiger partial charge >= 0.3 is 6.18 Å². The number of rotatable bonds is 1. The van der Waals surface area contributed by atoms with Crippen LogP contribution in [0.15, 0.2) is 30.5 Å². The quantitative estimate of drug-likeness (QED) is 0.735. The third-order valence-electron chi connectivity index (χ3n) is 2.23. The fraction of sp³-hybridized carbons (Fsp3) is 0.0909. The van der Waals surface area contributed by atoms with Crippen molar-refractivity contribution < 1.29 is 17.6 Å². The Kier molecular flexibility index (Phi) is 2.79. The molecule has 0 saturated heterocycles. The van der Waals surface area contributed by atoms with E-state index in [0.29, 0.717) is 0 Å². The summed E-state index contributed by atoms with van der Waals surface area (Å²) in [5.74, 6) is -0.806. The van der Waals surface area contributed by atoms with E-state index in [1.165, 1.54) is 12.1 Å². The van der Waals surface area contributed by atoms with Crippen molar-refractivity contribution in [1.82, 2.24) is 9.78 Å². The summed E-state index contributed by atoms with van der Waals surface area (Å²) in [6.07, 6.45) is -3.55. The Labute approximate surface area is 98.9 Å². The Bertz CT molecular complexity index is 622. The molecule has 2 aromatic rings. The monoisotopic (exact) mass is 255 g/mol. The minimum Gasteiger partial charge on any atom is -0.239 e. The molecule has 1 aromatic carbocycles. The summed E-state index contributed by atoms with van der Waals surface area (Å²) in [7, 11) is 0. The van der Waals surface area contributed by atoms with Crippen molar-refractivity contribution in [1.29, 1.82) is 5.26 Å². The number of hydrogen-bond donors (Lipinski definition) is 0. The Morgan fingerprint density at radius 3 is 2.50 bits per heavy atom. The van der Waals surface area contributed by atoms with E-state index in [-0.39, 0.29) is 11.3 Å². The van der Waals surface area contributed by atoms with E-state index in [1.54, 1.807) is 6.07 Å². The first kappa shape index (κ1) is 12.1. The second-order valence-electron chi connectivity index (χ2n) is 3.39. The van der Waals surface area contributed by atoms with Crippen molar-refractivity contribution in [3.8, 4) is 11.8 Å². The van der Waals surface area contributed by atoms with Gasteiger partial charge in [-0.1, -0.05) is 6.07 Å². The zero-order valence-electron chi connectivity index (χ0n) is 8.74. The predicted molar refractivity (Wildman–Crippen MR) is 53.2 cm³/mol. The Hall–Kier alpha value is -2.36. The number of nitrogens with zero attached hydrogens (tertiary/aromatic N) is 3. The lowest BCUT2D eigenvalue weighted by molar-refractivity contribution is -0.141. The maximum atomic E-state index is 13.3. The summed E-state index contributed by atoms with van der Waals surface area (Å²) in [4.78, 5) is 0. The molecule has 7 heteroatoms. The lowest BCUT2D eigenvalue weighted by Gasteiger charge is -2.05. The average Bonchev–Trinajstić information content (AvgIpc) is 2.77. The van der Waals surface area contributed by atoms with Gasteiger partial charge in [-0.25, -0.2) is 9.07 Å². The molecule has 0 aliphatic carbocycles. The maximum Gasteiger partial charge on any atom is 0.435 e. The van der Waals surface area contributed by atoms with Gasteiger partial charge in [0, 0.05) is 6.20 Å². The van der Waals surface area contributed by atoms with Crippen LogP contribution in [-0.4, -0.2) is 9.78 Å². The number of nitriles is 1. The normalized spacial score (nSPS) is 11.3. The molecule has 3 nitrogen and oxygen atoms in total. The van der Waals surface area contributed by atoms with Crippen LogP contribution in [0.5, 0.6) is 0 Å². The van der Waals surface area contributed by atoms with Gasteiger partial charge in [-0.05, 0) is 18.2 Å². The molecule has 1 aromatic heterocycles. The third-order valence-corrected chi connectivity index (χ3v) is 2.23. The van der Waals surface area contributed by atoms with Crippen molar-refractivity contribution in [2.75, 3.05) is 0 Å². The summed E-state index contributed by atoms with van der Waals surface area (Å²) >= 11 is 0. The van der Waals surface area contributed by atoms with Crippen molar-refractivity contribution in [2.24, 2.45) is 0 Å². The van der Waals surface area contributed by atoms with E-state index in [1.807, 2.05) is 0 Å². The molecular weight excluding hydrogens is 250 g/mol. The van der Waals surface area contributed by atoms with Crippen LogP contribution in [0.4, 0.5) is 17.6 Å². The zero-order valence-corrected chi connectivity index (χ0v) is 8.74. The van der Waals surface area contributed by atoms with Gasteiger partial charge in [0.2, 0.25) is 0 Å². The lowest BCUT2D eigenvalue weighted by atomic mass is 10.2. The minimum atomic E-state index is -4.58. The molecule has 0 amide bonds. The van der Waals surface area contributed by atoms with Crippen molar-refractivity contribution in [3.63, 3.8) is 0 Å². The molecule has 0 saturated carbocycles. The largest absolute Gasteiger partial charge is 0.435 e. The van der Waals surface area contributed by atoms with Crippen LogP contribution >= 0.6 is 0 Å². The summed E-state index contributed by atoms with van der Waals surface area (Å²) < 4.78 is 51.2.